The minimum absolute atomic E-state index is 0.180. The number of hydrogen-bond donors (Lipinski definition) is 0. The van der Waals surface area contributed by atoms with Gasteiger partial charge in [0.05, 0.1) is 13.7 Å². The minimum atomic E-state index is -0.888. The number of carbonyl (C=O) groups is 3. The molecular formula is C18H18N2O6. The maximum Gasteiger partial charge on any atom is 0.336 e. The summed E-state index contributed by atoms with van der Waals surface area (Å²) in [7, 11) is 1.49. The molecule has 0 saturated carbocycles. The summed E-state index contributed by atoms with van der Waals surface area (Å²) in [5, 5.41) is 0.561. The molecule has 0 aliphatic carbocycles. The summed E-state index contributed by atoms with van der Waals surface area (Å²) in [5.41, 5.74) is 0.0832. The Labute approximate surface area is 148 Å². The SMILES string of the molecule is CCCCN1C(=O)C(=O)N(Cc2cc(=O)oc3cc(OC)ccc23)C1=O. The molecule has 4 amide bonds. The van der Waals surface area contributed by atoms with Gasteiger partial charge in [-0.05, 0) is 24.1 Å². The van der Waals surface area contributed by atoms with Crippen molar-refractivity contribution in [1.29, 1.82) is 0 Å². The van der Waals surface area contributed by atoms with Crippen LogP contribution in [0.25, 0.3) is 11.0 Å². The highest BCUT2D eigenvalue weighted by molar-refractivity contribution is 6.44. The van der Waals surface area contributed by atoms with Crippen LogP contribution in [0.5, 0.6) is 5.75 Å². The van der Waals surface area contributed by atoms with Crippen LogP contribution < -0.4 is 10.4 Å². The van der Waals surface area contributed by atoms with E-state index in [1.54, 1.807) is 18.2 Å². The third kappa shape index (κ3) is 3.05. The summed E-state index contributed by atoms with van der Waals surface area (Å²) in [4.78, 5) is 50.3. The van der Waals surface area contributed by atoms with Gasteiger partial charge in [0.2, 0.25) is 0 Å². The van der Waals surface area contributed by atoms with Crippen molar-refractivity contribution in [3.8, 4) is 5.75 Å². The second-order valence-corrected chi connectivity index (χ2v) is 5.94. The summed E-state index contributed by atoms with van der Waals surface area (Å²) in [6.45, 7) is 1.94. The third-order valence-electron chi connectivity index (χ3n) is 4.24. The lowest BCUT2D eigenvalue weighted by Crippen LogP contribution is -2.33. The van der Waals surface area contributed by atoms with E-state index in [-0.39, 0.29) is 18.7 Å². The Morgan fingerprint density at radius 1 is 1.04 bits per heavy atom. The van der Waals surface area contributed by atoms with Crippen molar-refractivity contribution in [2.24, 2.45) is 0 Å². The Hall–Kier alpha value is -3.16. The number of benzene rings is 1. The van der Waals surface area contributed by atoms with Gasteiger partial charge in [0, 0.05) is 24.1 Å². The second kappa shape index (κ2) is 6.99. The molecule has 8 heteroatoms. The largest absolute Gasteiger partial charge is 0.497 e. The molecule has 0 N–H and O–H groups in total. The molecule has 2 heterocycles. The fraction of sp³-hybridized carbons (Fsp3) is 0.333. The first-order valence-corrected chi connectivity index (χ1v) is 8.24. The van der Waals surface area contributed by atoms with Crippen molar-refractivity contribution in [2.45, 2.75) is 26.3 Å². The molecule has 0 bridgehead atoms. The summed E-state index contributed by atoms with van der Waals surface area (Å²) >= 11 is 0. The molecule has 1 aromatic carbocycles. The quantitative estimate of drug-likeness (QED) is 0.444. The van der Waals surface area contributed by atoms with Crippen LogP contribution in [0.3, 0.4) is 0 Å². The van der Waals surface area contributed by atoms with Gasteiger partial charge in [0.15, 0.2) is 0 Å². The van der Waals surface area contributed by atoms with Gasteiger partial charge in [-0.1, -0.05) is 13.3 Å². The van der Waals surface area contributed by atoms with Gasteiger partial charge in [-0.2, -0.15) is 0 Å². The van der Waals surface area contributed by atoms with Gasteiger partial charge < -0.3 is 9.15 Å². The zero-order valence-electron chi connectivity index (χ0n) is 14.5. The van der Waals surface area contributed by atoms with Crippen LogP contribution in [-0.2, 0) is 16.1 Å². The van der Waals surface area contributed by atoms with E-state index in [2.05, 4.69) is 0 Å². The van der Waals surface area contributed by atoms with Crippen LogP contribution in [0.1, 0.15) is 25.3 Å². The molecular weight excluding hydrogens is 340 g/mol. The first-order chi connectivity index (χ1) is 12.5. The topological polar surface area (TPSA) is 97.1 Å². The smallest absolute Gasteiger partial charge is 0.336 e. The molecule has 1 aliphatic heterocycles. The van der Waals surface area contributed by atoms with Gasteiger partial charge in [-0.3, -0.25) is 19.4 Å². The lowest BCUT2D eigenvalue weighted by molar-refractivity contribution is -0.143. The van der Waals surface area contributed by atoms with Crippen molar-refractivity contribution < 1.29 is 23.5 Å². The van der Waals surface area contributed by atoms with Crippen molar-refractivity contribution in [2.75, 3.05) is 13.7 Å². The Balaban J connectivity index is 1.96. The van der Waals surface area contributed by atoms with Crippen molar-refractivity contribution in [3.05, 3.63) is 40.2 Å². The third-order valence-corrected chi connectivity index (χ3v) is 4.24. The van der Waals surface area contributed by atoms with E-state index < -0.39 is 23.5 Å². The van der Waals surface area contributed by atoms with E-state index in [1.807, 2.05) is 6.92 Å². The molecule has 0 spiro atoms. The second-order valence-electron chi connectivity index (χ2n) is 5.94. The van der Waals surface area contributed by atoms with Gasteiger partial charge in [-0.15, -0.1) is 0 Å². The molecule has 1 saturated heterocycles. The lowest BCUT2D eigenvalue weighted by atomic mass is 10.1. The Morgan fingerprint density at radius 3 is 2.46 bits per heavy atom. The first kappa shape index (κ1) is 17.7. The van der Waals surface area contributed by atoms with Gasteiger partial charge in [0.1, 0.15) is 11.3 Å². The van der Waals surface area contributed by atoms with Gasteiger partial charge in [0.25, 0.3) is 0 Å². The van der Waals surface area contributed by atoms with Gasteiger partial charge >= 0.3 is 23.5 Å². The zero-order valence-corrected chi connectivity index (χ0v) is 14.5. The van der Waals surface area contributed by atoms with E-state index in [4.69, 9.17) is 9.15 Å². The highest BCUT2D eigenvalue weighted by atomic mass is 16.5. The number of amides is 4. The fourth-order valence-corrected chi connectivity index (χ4v) is 2.84. The van der Waals surface area contributed by atoms with Crippen molar-refractivity contribution in [1.82, 2.24) is 9.80 Å². The summed E-state index contributed by atoms with van der Waals surface area (Å²) in [6, 6.07) is 5.45. The lowest BCUT2D eigenvalue weighted by Gasteiger charge is -2.16. The number of rotatable bonds is 6. The molecule has 2 aromatic rings. The van der Waals surface area contributed by atoms with E-state index in [0.29, 0.717) is 23.1 Å². The van der Waals surface area contributed by atoms with E-state index in [1.165, 1.54) is 13.2 Å². The predicted molar refractivity (Wildman–Crippen MR) is 91.6 cm³/mol. The number of nitrogens with zero attached hydrogens (tertiary/aromatic N) is 2. The fourth-order valence-electron chi connectivity index (χ4n) is 2.84. The van der Waals surface area contributed by atoms with Crippen LogP contribution >= 0.6 is 0 Å². The Kier molecular flexibility index (Phi) is 4.75. The first-order valence-electron chi connectivity index (χ1n) is 8.24. The maximum absolute atomic E-state index is 12.4. The molecule has 1 aliphatic rings. The van der Waals surface area contributed by atoms with Crippen molar-refractivity contribution in [3.63, 3.8) is 0 Å². The van der Waals surface area contributed by atoms with Crippen LogP contribution in [0.2, 0.25) is 0 Å². The average molecular weight is 358 g/mol. The van der Waals surface area contributed by atoms with Crippen LogP contribution in [0.4, 0.5) is 4.79 Å². The number of hydrogen-bond acceptors (Lipinski definition) is 6. The van der Waals surface area contributed by atoms with E-state index in [9.17, 15) is 19.2 Å². The molecule has 0 unspecified atom stereocenters. The monoisotopic (exact) mass is 358 g/mol. The molecule has 0 radical (unpaired) electrons. The molecule has 3 rings (SSSR count). The summed E-state index contributed by atoms with van der Waals surface area (Å²) in [6.07, 6.45) is 1.41. The van der Waals surface area contributed by atoms with Crippen molar-refractivity contribution >= 4 is 28.8 Å². The number of urea groups is 1. The predicted octanol–water partition coefficient (Wildman–Crippen LogP) is 1.89. The Bertz CT molecular complexity index is 948. The highest BCUT2D eigenvalue weighted by Gasteiger charge is 2.44. The number of carbonyl (C=O) groups excluding carboxylic acids is 3. The van der Waals surface area contributed by atoms with Crippen LogP contribution in [0.15, 0.2) is 33.5 Å². The average Bonchev–Trinajstić information content (AvgIpc) is 2.82. The number of methoxy groups -OCH3 is 1. The molecule has 0 atom stereocenters. The maximum atomic E-state index is 12.4. The minimum Gasteiger partial charge on any atom is -0.497 e. The molecule has 136 valence electrons. The molecule has 1 aromatic heterocycles. The number of imide groups is 2. The number of ether oxygens (including phenoxy) is 1. The van der Waals surface area contributed by atoms with Crippen LogP contribution in [-0.4, -0.2) is 41.3 Å². The molecule has 26 heavy (non-hydrogen) atoms. The molecule has 8 nitrogen and oxygen atoms in total. The van der Waals surface area contributed by atoms with Gasteiger partial charge in [-0.25, -0.2) is 9.59 Å². The van der Waals surface area contributed by atoms with E-state index >= 15 is 0 Å². The van der Waals surface area contributed by atoms with E-state index in [0.717, 1.165) is 16.2 Å². The normalized spacial score (nSPS) is 14.6. The summed E-state index contributed by atoms with van der Waals surface area (Å²) in [5.74, 6) is -1.22. The number of fused-ring (bicyclic) bond motifs is 1. The standard InChI is InChI=1S/C18H18N2O6/c1-3-4-7-19-16(22)17(23)20(18(19)24)10-11-8-15(21)26-14-9-12(25-2)5-6-13(11)14/h5-6,8-9H,3-4,7,10H2,1-2H3. The molecule has 1 fully saturated rings. The Morgan fingerprint density at radius 2 is 1.77 bits per heavy atom. The number of unbranched alkanes of at least 4 members (excludes halogenated alkanes) is 1. The van der Waals surface area contributed by atoms with Crippen LogP contribution in [0, 0.1) is 0 Å². The summed E-state index contributed by atoms with van der Waals surface area (Å²) < 4.78 is 10.3. The zero-order chi connectivity index (χ0) is 18.8. The highest BCUT2D eigenvalue weighted by Crippen LogP contribution is 2.25.